The lowest BCUT2D eigenvalue weighted by Crippen LogP contribution is -2.43. The fourth-order valence-electron chi connectivity index (χ4n) is 5.50. The molecular weight excluding hydrogens is 643 g/mol. The molecular formula is C34H33F5N2O5S. The highest BCUT2D eigenvalue weighted by molar-refractivity contribution is 7.91. The second-order valence-corrected chi connectivity index (χ2v) is 12.9. The number of alkyl halides is 3. The van der Waals surface area contributed by atoms with Gasteiger partial charge in [0.25, 0.3) is 0 Å². The monoisotopic (exact) mass is 676 g/mol. The molecule has 0 radical (unpaired) electrons. The maximum atomic E-state index is 14.7. The largest absolute Gasteiger partial charge is 0.573 e. The van der Waals surface area contributed by atoms with Gasteiger partial charge in [-0.3, -0.25) is 0 Å². The minimum absolute atomic E-state index is 0.0553. The molecule has 0 spiro atoms. The predicted octanol–water partition coefficient (Wildman–Crippen LogP) is 7.79. The smallest absolute Gasteiger partial charge is 0.497 e. The van der Waals surface area contributed by atoms with Gasteiger partial charge in [-0.2, -0.15) is 0 Å². The molecule has 1 aliphatic rings. The van der Waals surface area contributed by atoms with Gasteiger partial charge in [0.15, 0.2) is 0 Å². The number of hydrogen-bond donors (Lipinski definition) is 1. The summed E-state index contributed by atoms with van der Waals surface area (Å²) >= 11 is 0. The van der Waals surface area contributed by atoms with Crippen LogP contribution in [0.3, 0.4) is 0 Å². The van der Waals surface area contributed by atoms with E-state index in [9.17, 15) is 26.2 Å². The number of nitrogens with zero attached hydrogens (tertiary/aromatic N) is 1. The Hall–Kier alpha value is -4.20. The minimum Gasteiger partial charge on any atom is -0.497 e. The molecule has 2 unspecified atom stereocenters. The third kappa shape index (κ3) is 8.79. The van der Waals surface area contributed by atoms with E-state index in [1.165, 1.54) is 50.6 Å². The molecule has 1 saturated heterocycles. The van der Waals surface area contributed by atoms with E-state index in [1.807, 2.05) is 0 Å². The molecule has 13 heteroatoms. The van der Waals surface area contributed by atoms with Gasteiger partial charge in [0.05, 0.1) is 31.8 Å². The third-order valence-corrected chi connectivity index (χ3v) is 9.82. The Kier molecular flexibility index (Phi) is 10.7. The van der Waals surface area contributed by atoms with E-state index in [1.54, 1.807) is 42.5 Å². The van der Waals surface area contributed by atoms with Crippen LogP contribution in [-0.4, -0.2) is 43.5 Å². The Labute approximate surface area is 269 Å². The molecule has 0 amide bonds. The maximum absolute atomic E-state index is 14.7. The molecule has 0 aromatic heterocycles. The van der Waals surface area contributed by atoms with Gasteiger partial charge in [0.2, 0.25) is 0 Å². The number of benzene rings is 4. The van der Waals surface area contributed by atoms with Crippen LogP contribution in [-0.2, 0) is 21.2 Å². The van der Waals surface area contributed by atoms with Crippen LogP contribution in [0.5, 0.6) is 17.2 Å². The van der Waals surface area contributed by atoms with Crippen molar-refractivity contribution < 1.29 is 45.1 Å². The molecule has 0 bridgehead atoms. The lowest BCUT2D eigenvalue weighted by atomic mass is 9.82. The second kappa shape index (κ2) is 14.7. The van der Waals surface area contributed by atoms with Crippen LogP contribution in [0.4, 0.5) is 22.0 Å². The molecule has 1 fully saturated rings. The first-order valence-corrected chi connectivity index (χ1v) is 16.2. The van der Waals surface area contributed by atoms with Crippen molar-refractivity contribution in [3.05, 3.63) is 119 Å². The first-order valence-electron chi connectivity index (χ1n) is 14.7. The topological polar surface area (TPSA) is 78.4 Å². The van der Waals surface area contributed by atoms with Gasteiger partial charge in [-0.05, 0) is 84.6 Å². The van der Waals surface area contributed by atoms with E-state index in [4.69, 9.17) is 14.2 Å². The molecule has 1 N–H and O–H groups in total. The summed E-state index contributed by atoms with van der Waals surface area (Å²) in [4.78, 5) is 0.149. The maximum Gasteiger partial charge on any atom is 0.573 e. The van der Waals surface area contributed by atoms with Crippen molar-refractivity contribution in [1.29, 1.82) is 0 Å². The van der Waals surface area contributed by atoms with Gasteiger partial charge in [0, 0.05) is 30.2 Å². The van der Waals surface area contributed by atoms with Gasteiger partial charge in [0.1, 0.15) is 38.8 Å². The van der Waals surface area contributed by atoms with Crippen LogP contribution >= 0.6 is 0 Å². The molecule has 1 aliphatic heterocycles. The van der Waals surface area contributed by atoms with Crippen LogP contribution < -0.4 is 18.9 Å². The van der Waals surface area contributed by atoms with Crippen LogP contribution in [0.15, 0.2) is 100 Å². The molecule has 4 aromatic rings. The van der Waals surface area contributed by atoms with Crippen molar-refractivity contribution in [3.63, 3.8) is 0 Å². The zero-order chi connectivity index (χ0) is 33.6. The molecule has 4 aromatic carbocycles. The summed E-state index contributed by atoms with van der Waals surface area (Å²) in [5.41, 5.74) is 2.11. The Morgan fingerprint density at radius 1 is 0.872 bits per heavy atom. The van der Waals surface area contributed by atoms with Gasteiger partial charge in [-0.25, -0.2) is 22.1 Å². The van der Waals surface area contributed by atoms with E-state index in [0.29, 0.717) is 29.9 Å². The van der Waals surface area contributed by atoms with Gasteiger partial charge in [-0.1, -0.05) is 24.3 Å². The van der Waals surface area contributed by atoms with E-state index in [2.05, 4.69) is 13.8 Å². The molecule has 47 heavy (non-hydrogen) atoms. The summed E-state index contributed by atoms with van der Waals surface area (Å²) in [5, 5.41) is 0. The molecule has 250 valence electrons. The average Bonchev–Trinajstić information content (AvgIpc) is 3.05. The Balaban J connectivity index is 1.48. The van der Waals surface area contributed by atoms with E-state index < -0.39 is 51.7 Å². The molecule has 3 atom stereocenters. The van der Waals surface area contributed by atoms with E-state index in [0.717, 1.165) is 23.3 Å². The van der Waals surface area contributed by atoms with Crippen molar-refractivity contribution in [2.45, 2.75) is 48.7 Å². The fourth-order valence-corrected chi connectivity index (χ4v) is 7.36. The number of hydrogen-bond acceptors (Lipinski definition) is 6. The lowest BCUT2D eigenvalue weighted by molar-refractivity contribution is -0.274. The SMILES string of the molecule is COc1ccc(CN=S(=O)(N[C@H]2CCOC(C(c3ccc(F)cc3)c3ccc(F)cc3)C2)c2ccc(OC(F)(F)F)cc2)c(OC)c1. The highest BCUT2D eigenvalue weighted by atomic mass is 32.2. The highest BCUT2D eigenvalue weighted by Crippen LogP contribution is 2.36. The van der Waals surface area contributed by atoms with E-state index in [-0.39, 0.29) is 18.0 Å². The Bertz CT molecular complexity index is 1710. The number of methoxy groups -OCH3 is 2. The first-order chi connectivity index (χ1) is 22.5. The Morgan fingerprint density at radius 3 is 2.02 bits per heavy atom. The van der Waals surface area contributed by atoms with Gasteiger partial charge < -0.3 is 18.9 Å². The molecule has 1 heterocycles. The van der Waals surface area contributed by atoms with Crippen LogP contribution in [0.25, 0.3) is 0 Å². The van der Waals surface area contributed by atoms with Crippen molar-refractivity contribution in [3.8, 4) is 17.2 Å². The highest BCUT2D eigenvalue weighted by Gasteiger charge is 2.34. The summed E-state index contributed by atoms with van der Waals surface area (Å²) < 4.78 is 110. The summed E-state index contributed by atoms with van der Waals surface area (Å²) in [5.74, 6) is -0.677. The van der Waals surface area contributed by atoms with Crippen LogP contribution in [0.2, 0.25) is 0 Å². The fraction of sp³-hybridized carbons (Fsp3) is 0.294. The van der Waals surface area contributed by atoms with Gasteiger partial charge in [-0.15, -0.1) is 13.2 Å². The molecule has 7 nitrogen and oxygen atoms in total. The number of rotatable bonds is 11. The standard InChI is InChI=1S/C34H33F5N2O5S/c1-43-29-12-7-24(31(20-29)44-2)21-40-47(42,30-15-13-28(14-16-30)46-34(37,38)39)41-27-17-18-45-32(19-27)33(22-3-8-25(35)9-4-22)23-5-10-26(36)11-6-23/h3-16,20,27,32-33H,17-19,21H2,1-2H3,(H,40,41,42)/t27-,32?,47?/m0/s1. The van der Waals surface area contributed by atoms with Crippen LogP contribution in [0, 0.1) is 11.6 Å². The zero-order valence-electron chi connectivity index (χ0n) is 25.5. The van der Waals surface area contributed by atoms with Crippen molar-refractivity contribution >= 4 is 9.92 Å². The summed E-state index contributed by atoms with van der Waals surface area (Å²) in [6.45, 7) is 0.224. The lowest BCUT2D eigenvalue weighted by Gasteiger charge is -2.36. The first kappa shape index (κ1) is 34.1. The summed E-state index contributed by atoms with van der Waals surface area (Å²) in [6.07, 6.45) is -4.58. The van der Waals surface area contributed by atoms with Gasteiger partial charge >= 0.3 is 6.36 Å². The zero-order valence-corrected chi connectivity index (χ0v) is 26.3. The quantitative estimate of drug-likeness (QED) is 0.164. The minimum atomic E-state index is -4.89. The predicted molar refractivity (Wildman–Crippen MR) is 166 cm³/mol. The molecule has 0 saturated carbocycles. The number of nitrogens with one attached hydrogen (secondary N) is 1. The van der Waals surface area contributed by atoms with E-state index >= 15 is 0 Å². The second-order valence-electron chi connectivity index (χ2n) is 10.8. The third-order valence-electron chi connectivity index (χ3n) is 7.76. The average molecular weight is 677 g/mol. The van der Waals surface area contributed by atoms with Crippen molar-refractivity contribution in [2.75, 3.05) is 20.8 Å². The van der Waals surface area contributed by atoms with Crippen LogP contribution in [0.1, 0.15) is 35.4 Å². The number of ether oxygens (including phenoxy) is 4. The van der Waals surface area contributed by atoms with Crippen molar-refractivity contribution in [2.24, 2.45) is 4.36 Å². The molecule has 5 rings (SSSR count). The summed E-state index contributed by atoms with van der Waals surface area (Å²) in [7, 11) is -0.466. The normalized spacial score (nSPS) is 18.0. The number of halogens is 5. The molecule has 0 aliphatic carbocycles. The van der Waals surface area contributed by atoms with Crippen molar-refractivity contribution in [1.82, 2.24) is 4.72 Å². The summed E-state index contributed by atoms with van der Waals surface area (Å²) in [6, 6.07) is 21.4. The Morgan fingerprint density at radius 2 is 1.47 bits per heavy atom.